The zero-order valence-electron chi connectivity index (χ0n) is 15.0. The van der Waals surface area contributed by atoms with Gasteiger partial charge >= 0.3 is 5.91 Å². The van der Waals surface area contributed by atoms with E-state index in [-0.39, 0.29) is 17.1 Å². The van der Waals surface area contributed by atoms with Crippen LogP contribution in [0.5, 0.6) is 0 Å². The normalized spacial score (nSPS) is 16.1. The van der Waals surface area contributed by atoms with Gasteiger partial charge in [0.15, 0.2) is 6.73 Å². The van der Waals surface area contributed by atoms with Crippen molar-refractivity contribution in [3.8, 4) is 11.3 Å². The standard InChI is InChI=1S/C22H23N2O2/c1-16-8-2-3-9-17(16)21-14-19(18-10-4-5-11-20(18)23-21)22(26)24(15-25)12-6-7-13-24/h2-5,8-11,14,25H,6-7,12-13,15H2,1H3/q+1. The van der Waals surface area contributed by atoms with Gasteiger partial charge in [0.1, 0.15) is 0 Å². The third-order valence-corrected chi connectivity index (χ3v) is 5.49. The summed E-state index contributed by atoms with van der Waals surface area (Å²) in [5.74, 6) is -0.00145. The lowest BCUT2D eigenvalue weighted by Crippen LogP contribution is -2.51. The van der Waals surface area contributed by atoms with Gasteiger partial charge in [0.2, 0.25) is 0 Å². The Kier molecular flexibility index (Phi) is 4.31. The van der Waals surface area contributed by atoms with Gasteiger partial charge in [-0.2, -0.15) is 0 Å². The van der Waals surface area contributed by atoms with Crippen LogP contribution in [0.25, 0.3) is 22.2 Å². The summed E-state index contributed by atoms with van der Waals surface area (Å²) in [4.78, 5) is 18.3. The van der Waals surface area contributed by atoms with Crippen molar-refractivity contribution in [2.75, 3.05) is 19.8 Å². The number of aromatic nitrogens is 1. The van der Waals surface area contributed by atoms with E-state index >= 15 is 0 Å². The number of aliphatic hydroxyl groups is 1. The zero-order valence-corrected chi connectivity index (χ0v) is 15.0. The largest absolute Gasteiger partial charge is 0.348 e. The minimum absolute atomic E-state index is 0.00145. The van der Waals surface area contributed by atoms with Gasteiger partial charge in [0.25, 0.3) is 0 Å². The fourth-order valence-corrected chi connectivity index (χ4v) is 3.96. The van der Waals surface area contributed by atoms with Crippen LogP contribution in [-0.4, -0.2) is 40.3 Å². The first-order valence-corrected chi connectivity index (χ1v) is 9.12. The highest BCUT2D eigenvalue weighted by atomic mass is 16.3. The fraction of sp³-hybridized carbons (Fsp3) is 0.273. The van der Waals surface area contributed by atoms with Crippen molar-refractivity contribution in [1.29, 1.82) is 0 Å². The molecule has 0 atom stereocenters. The van der Waals surface area contributed by atoms with Crippen LogP contribution in [0.4, 0.5) is 0 Å². The zero-order chi connectivity index (χ0) is 18.1. The summed E-state index contributed by atoms with van der Waals surface area (Å²) in [5.41, 5.74) is 4.43. The van der Waals surface area contributed by atoms with Crippen molar-refractivity contribution < 1.29 is 14.4 Å². The number of fused-ring (bicyclic) bond motifs is 1. The molecule has 1 aliphatic heterocycles. The Bertz CT molecular complexity index is 975. The number of para-hydroxylation sites is 1. The van der Waals surface area contributed by atoms with Gasteiger partial charge in [0.05, 0.1) is 29.9 Å². The van der Waals surface area contributed by atoms with E-state index in [0.29, 0.717) is 18.7 Å². The third kappa shape index (κ3) is 2.71. The Morgan fingerprint density at radius 2 is 1.77 bits per heavy atom. The van der Waals surface area contributed by atoms with Crippen LogP contribution in [0.15, 0.2) is 54.6 Å². The first-order valence-electron chi connectivity index (χ1n) is 9.12. The molecule has 1 aromatic heterocycles. The molecule has 0 spiro atoms. The van der Waals surface area contributed by atoms with Crippen LogP contribution < -0.4 is 0 Å². The molecular formula is C22H23N2O2+. The second-order valence-electron chi connectivity index (χ2n) is 7.13. The SMILES string of the molecule is Cc1ccccc1-c1cc(C(=O)[N+]2(CO)CCCC2)c2ccccc2n1. The second kappa shape index (κ2) is 6.63. The molecule has 1 saturated heterocycles. The number of pyridine rings is 1. The van der Waals surface area contributed by atoms with Crippen molar-refractivity contribution in [2.24, 2.45) is 0 Å². The first kappa shape index (κ1) is 16.9. The second-order valence-corrected chi connectivity index (χ2v) is 7.13. The monoisotopic (exact) mass is 347 g/mol. The summed E-state index contributed by atoms with van der Waals surface area (Å²) >= 11 is 0. The van der Waals surface area contributed by atoms with E-state index in [2.05, 4.69) is 13.0 Å². The first-order chi connectivity index (χ1) is 12.6. The van der Waals surface area contributed by atoms with Crippen molar-refractivity contribution >= 4 is 16.8 Å². The van der Waals surface area contributed by atoms with Crippen molar-refractivity contribution in [3.63, 3.8) is 0 Å². The van der Waals surface area contributed by atoms with Gasteiger partial charge in [0, 0.05) is 23.8 Å². The van der Waals surface area contributed by atoms with Crippen LogP contribution in [0.1, 0.15) is 28.8 Å². The van der Waals surface area contributed by atoms with Crippen LogP contribution in [-0.2, 0) is 0 Å². The number of rotatable bonds is 3. The molecule has 1 fully saturated rings. The van der Waals surface area contributed by atoms with E-state index in [9.17, 15) is 9.90 Å². The quantitative estimate of drug-likeness (QED) is 0.731. The molecule has 2 aromatic carbocycles. The fourth-order valence-electron chi connectivity index (χ4n) is 3.96. The molecule has 26 heavy (non-hydrogen) atoms. The van der Waals surface area contributed by atoms with E-state index in [1.807, 2.05) is 48.5 Å². The highest BCUT2D eigenvalue weighted by molar-refractivity contribution is 6.04. The maximum Gasteiger partial charge on any atom is 0.348 e. The number of likely N-dealkylation sites (tertiary alicyclic amines) is 1. The highest BCUT2D eigenvalue weighted by Gasteiger charge is 2.41. The maximum absolute atomic E-state index is 13.5. The maximum atomic E-state index is 13.5. The topological polar surface area (TPSA) is 50.2 Å². The van der Waals surface area contributed by atoms with Gasteiger partial charge < -0.3 is 5.11 Å². The summed E-state index contributed by atoms with van der Waals surface area (Å²) in [6.45, 7) is 3.31. The number of carbonyl (C=O) groups is 1. The Hall–Kier alpha value is -2.56. The Labute approximate surface area is 153 Å². The van der Waals surface area contributed by atoms with E-state index < -0.39 is 0 Å². The number of nitrogens with zero attached hydrogens (tertiary/aromatic N) is 2. The lowest BCUT2D eigenvalue weighted by molar-refractivity contribution is -0.856. The lowest BCUT2D eigenvalue weighted by Gasteiger charge is -2.29. The molecule has 0 unspecified atom stereocenters. The molecule has 1 aliphatic rings. The van der Waals surface area contributed by atoms with Gasteiger partial charge in [-0.15, -0.1) is 0 Å². The molecular weight excluding hydrogens is 324 g/mol. The Morgan fingerprint density at radius 3 is 2.50 bits per heavy atom. The summed E-state index contributed by atoms with van der Waals surface area (Å²) in [7, 11) is 0. The average molecular weight is 347 g/mol. The molecule has 2 heterocycles. The summed E-state index contributed by atoms with van der Waals surface area (Å²) < 4.78 is 0.126. The summed E-state index contributed by atoms with van der Waals surface area (Å²) in [6, 6.07) is 17.7. The smallest absolute Gasteiger partial charge is 0.347 e. The lowest BCUT2D eigenvalue weighted by atomic mass is 10.00. The minimum Gasteiger partial charge on any atom is -0.347 e. The van der Waals surface area contributed by atoms with E-state index in [1.54, 1.807) is 0 Å². The van der Waals surface area contributed by atoms with E-state index in [4.69, 9.17) is 4.98 Å². The molecule has 0 bridgehead atoms. The molecule has 1 amide bonds. The Morgan fingerprint density at radius 1 is 1.08 bits per heavy atom. The molecule has 0 saturated carbocycles. The molecule has 0 radical (unpaired) electrons. The number of quaternary nitrogens is 1. The van der Waals surface area contributed by atoms with Crippen LogP contribution in [0.2, 0.25) is 0 Å². The molecule has 4 heteroatoms. The highest BCUT2D eigenvalue weighted by Crippen LogP contribution is 2.30. The molecule has 3 aromatic rings. The van der Waals surface area contributed by atoms with Crippen molar-refractivity contribution in [1.82, 2.24) is 4.98 Å². The van der Waals surface area contributed by atoms with Crippen LogP contribution in [0.3, 0.4) is 0 Å². The molecule has 132 valence electrons. The number of amides is 1. The Balaban J connectivity index is 1.93. The average Bonchev–Trinajstić information content (AvgIpc) is 3.17. The predicted octanol–water partition coefficient (Wildman–Crippen LogP) is 3.91. The van der Waals surface area contributed by atoms with Crippen molar-refractivity contribution in [2.45, 2.75) is 19.8 Å². The molecule has 1 N–H and O–H groups in total. The molecule has 4 nitrogen and oxygen atoms in total. The van der Waals surface area contributed by atoms with Gasteiger partial charge in [-0.05, 0) is 24.6 Å². The molecule has 4 rings (SSSR count). The molecule has 0 aliphatic carbocycles. The number of aryl methyl sites for hydroxylation is 1. The third-order valence-electron chi connectivity index (χ3n) is 5.49. The number of hydrogen-bond donors (Lipinski definition) is 1. The predicted molar refractivity (Wildman–Crippen MR) is 103 cm³/mol. The van der Waals surface area contributed by atoms with Crippen LogP contribution in [0, 0.1) is 6.92 Å². The number of benzene rings is 2. The number of hydrogen-bond acceptors (Lipinski definition) is 3. The van der Waals surface area contributed by atoms with E-state index in [1.165, 1.54) is 0 Å². The van der Waals surface area contributed by atoms with E-state index in [0.717, 1.165) is 40.6 Å². The minimum atomic E-state index is -0.144. The van der Waals surface area contributed by atoms with Gasteiger partial charge in [-0.25, -0.2) is 14.3 Å². The van der Waals surface area contributed by atoms with Crippen molar-refractivity contribution in [3.05, 3.63) is 65.7 Å². The van der Waals surface area contributed by atoms with Gasteiger partial charge in [-0.3, -0.25) is 0 Å². The summed E-state index contributed by atoms with van der Waals surface area (Å²) in [5, 5.41) is 10.8. The van der Waals surface area contributed by atoms with Crippen LogP contribution >= 0.6 is 0 Å². The number of carbonyl (C=O) groups excluding carboxylic acids is 1. The summed E-state index contributed by atoms with van der Waals surface area (Å²) in [6.07, 6.45) is 1.94. The number of aliphatic hydroxyl groups excluding tert-OH is 1. The van der Waals surface area contributed by atoms with Gasteiger partial charge in [-0.1, -0.05) is 42.5 Å².